The molecule has 4 rings (SSSR count). The van der Waals surface area contributed by atoms with Crippen LogP contribution in [0.4, 0.5) is 0 Å². The van der Waals surface area contributed by atoms with Gasteiger partial charge in [0.15, 0.2) is 0 Å². The molecule has 7 heteroatoms. The average molecular weight is 385 g/mol. The van der Waals surface area contributed by atoms with Crippen LogP contribution in [-0.2, 0) is 16.1 Å². The molecular formula is C21H27N3O4. The van der Waals surface area contributed by atoms with Crippen molar-refractivity contribution < 1.29 is 9.53 Å². The minimum Gasteiger partial charge on any atom is -0.378 e. The number of H-pyrrole nitrogens is 1. The van der Waals surface area contributed by atoms with Gasteiger partial charge in [0.1, 0.15) is 6.54 Å². The van der Waals surface area contributed by atoms with Crippen molar-refractivity contribution in [2.24, 2.45) is 5.41 Å². The summed E-state index contributed by atoms with van der Waals surface area (Å²) in [6.07, 6.45) is 6.62. The summed E-state index contributed by atoms with van der Waals surface area (Å²) < 4.78 is 6.90. The van der Waals surface area contributed by atoms with Crippen LogP contribution >= 0.6 is 0 Å². The topological polar surface area (TPSA) is 93.2 Å². The van der Waals surface area contributed by atoms with Crippen molar-refractivity contribution in [2.75, 3.05) is 6.61 Å². The minimum atomic E-state index is -0.563. The number of carbonyl (C=O) groups excluding carboxylic acids is 1. The Balaban J connectivity index is 1.51. The lowest BCUT2D eigenvalue weighted by Crippen LogP contribution is -2.65. The van der Waals surface area contributed by atoms with Crippen LogP contribution in [0.25, 0.3) is 10.9 Å². The molecule has 7 nitrogen and oxygen atoms in total. The first-order chi connectivity index (χ1) is 13.5. The largest absolute Gasteiger partial charge is 0.378 e. The maximum absolute atomic E-state index is 12.7. The average Bonchev–Trinajstić information content (AvgIpc) is 2.71. The minimum absolute atomic E-state index is 0.00465. The molecule has 1 heterocycles. The molecule has 1 aromatic carbocycles. The Morgan fingerprint density at radius 1 is 1.25 bits per heavy atom. The lowest BCUT2D eigenvalue weighted by Gasteiger charge is -2.57. The summed E-state index contributed by atoms with van der Waals surface area (Å²) in [6, 6.07) is 6.87. The fourth-order valence-corrected chi connectivity index (χ4v) is 4.99. The molecule has 0 aliphatic heterocycles. The summed E-state index contributed by atoms with van der Waals surface area (Å²) in [4.78, 5) is 40.3. The molecule has 0 radical (unpaired) electrons. The summed E-state index contributed by atoms with van der Waals surface area (Å²) in [5.74, 6) is -0.298. The molecule has 2 aliphatic rings. The second kappa shape index (κ2) is 7.54. The molecule has 2 saturated carbocycles. The number of benzene rings is 1. The van der Waals surface area contributed by atoms with E-state index in [1.807, 2.05) is 6.92 Å². The van der Waals surface area contributed by atoms with Crippen LogP contribution in [0.1, 0.15) is 45.4 Å². The van der Waals surface area contributed by atoms with Gasteiger partial charge in [-0.3, -0.25) is 14.2 Å². The summed E-state index contributed by atoms with van der Waals surface area (Å²) in [5.41, 5.74) is -0.520. The van der Waals surface area contributed by atoms with Gasteiger partial charge in [-0.25, -0.2) is 4.79 Å². The van der Waals surface area contributed by atoms with Crippen molar-refractivity contribution >= 4 is 16.8 Å². The highest BCUT2D eigenvalue weighted by molar-refractivity contribution is 5.79. The highest BCUT2D eigenvalue weighted by atomic mass is 16.5. The van der Waals surface area contributed by atoms with Gasteiger partial charge in [0.2, 0.25) is 5.91 Å². The van der Waals surface area contributed by atoms with Crippen molar-refractivity contribution in [1.82, 2.24) is 14.9 Å². The van der Waals surface area contributed by atoms with Gasteiger partial charge in [-0.1, -0.05) is 31.4 Å². The Kier molecular flexibility index (Phi) is 5.10. The van der Waals surface area contributed by atoms with E-state index in [0.29, 0.717) is 17.5 Å². The van der Waals surface area contributed by atoms with E-state index in [9.17, 15) is 14.4 Å². The van der Waals surface area contributed by atoms with Crippen LogP contribution in [0.15, 0.2) is 33.9 Å². The molecule has 1 aromatic heterocycles. The van der Waals surface area contributed by atoms with E-state index in [1.165, 1.54) is 6.42 Å². The molecule has 0 saturated heterocycles. The smallest absolute Gasteiger partial charge is 0.329 e. The molecule has 2 atom stereocenters. The number of aromatic amines is 1. The van der Waals surface area contributed by atoms with E-state index in [-0.39, 0.29) is 30.0 Å². The van der Waals surface area contributed by atoms with E-state index >= 15 is 0 Å². The number of hydrogen-bond donors (Lipinski definition) is 2. The predicted octanol–water partition coefficient (Wildman–Crippen LogP) is 1.93. The van der Waals surface area contributed by atoms with Crippen LogP contribution in [0.3, 0.4) is 0 Å². The lowest BCUT2D eigenvalue weighted by atomic mass is 9.55. The van der Waals surface area contributed by atoms with Gasteiger partial charge in [-0.15, -0.1) is 0 Å². The number of nitrogens with zero attached hydrogens (tertiary/aromatic N) is 1. The fraction of sp³-hybridized carbons (Fsp3) is 0.571. The Hall–Kier alpha value is -2.41. The Morgan fingerprint density at radius 2 is 2.00 bits per heavy atom. The van der Waals surface area contributed by atoms with Crippen LogP contribution in [-0.4, -0.2) is 34.2 Å². The van der Waals surface area contributed by atoms with Crippen molar-refractivity contribution in [1.29, 1.82) is 0 Å². The Labute approximate surface area is 163 Å². The first-order valence-electron chi connectivity index (χ1n) is 10.2. The fourth-order valence-electron chi connectivity index (χ4n) is 4.99. The third kappa shape index (κ3) is 3.17. The summed E-state index contributed by atoms with van der Waals surface area (Å²) in [6.45, 7) is 2.40. The highest BCUT2D eigenvalue weighted by Crippen LogP contribution is 2.53. The maximum Gasteiger partial charge on any atom is 0.329 e. The number of rotatable bonds is 5. The Morgan fingerprint density at radius 3 is 2.75 bits per heavy atom. The third-order valence-electron chi connectivity index (χ3n) is 6.46. The Bertz CT molecular complexity index is 987. The summed E-state index contributed by atoms with van der Waals surface area (Å²) in [5, 5.41) is 3.49. The number of nitrogens with one attached hydrogen (secondary N) is 2. The van der Waals surface area contributed by atoms with Gasteiger partial charge in [-0.2, -0.15) is 0 Å². The van der Waals surface area contributed by atoms with Crippen LogP contribution in [0.5, 0.6) is 0 Å². The van der Waals surface area contributed by atoms with Gasteiger partial charge in [0, 0.05) is 18.1 Å². The van der Waals surface area contributed by atoms with Gasteiger partial charge < -0.3 is 15.0 Å². The molecule has 2 aliphatic carbocycles. The van der Waals surface area contributed by atoms with E-state index in [1.54, 1.807) is 24.3 Å². The second-order valence-corrected chi connectivity index (χ2v) is 7.96. The molecule has 2 N–H and O–H groups in total. The second-order valence-electron chi connectivity index (χ2n) is 7.96. The van der Waals surface area contributed by atoms with E-state index < -0.39 is 11.2 Å². The molecule has 2 fully saturated rings. The van der Waals surface area contributed by atoms with Crippen molar-refractivity contribution in [3.8, 4) is 0 Å². The SMILES string of the molecule is CCO[C@H]1C[C@@H](NC(=O)Cn2c(=O)[nH]c3ccccc3c2=O)C12CCCCC2. The number of aromatic nitrogens is 2. The van der Waals surface area contributed by atoms with Gasteiger partial charge in [0.25, 0.3) is 5.56 Å². The molecule has 1 amide bonds. The van der Waals surface area contributed by atoms with Crippen LogP contribution in [0.2, 0.25) is 0 Å². The molecule has 0 bridgehead atoms. The number of carbonyl (C=O) groups is 1. The summed E-state index contributed by atoms with van der Waals surface area (Å²) in [7, 11) is 0. The quantitative estimate of drug-likeness (QED) is 0.823. The highest BCUT2D eigenvalue weighted by Gasteiger charge is 2.56. The molecule has 150 valence electrons. The number of ether oxygens (including phenoxy) is 1. The molecule has 0 unspecified atom stereocenters. The van der Waals surface area contributed by atoms with Gasteiger partial charge >= 0.3 is 5.69 Å². The standard InChI is InChI=1S/C21H27N3O4/c1-2-28-17-12-16(21(17)10-6-3-7-11-21)23-18(25)13-24-19(26)14-8-4-5-9-15(14)22-20(24)27/h4-5,8-9,16-17H,2-3,6-7,10-13H2,1H3,(H,22,27)(H,23,25)/t16-,17+/m1/s1. The molecular weight excluding hydrogens is 358 g/mol. The number of para-hydroxylation sites is 1. The van der Waals surface area contributed by atoms with E-state index in [4.69, 9.17) is 4.74 Å². The molecule has 2 aromatic rings. The number of fused-ring (bicyclic) bond motifs is 1. The van der Waals surface area contributed by atoms with Crippen molar-refractivity contribution in [3.63, 3.8) is 0 Å². The van der Waals surface area contributed by atoms with Gasteiger partial charge in [0.05, 0.1) is 17.0 Å². The first kappa shape index (κ1) is 18.9. The zero-order valence-corrected chi connectivity index (χ0v) is 16.2. The lowest BCUT2D eigenvalue weighted by molar-refractivity contribution is -0.157. The monoisotopic (exact) mass is 385 g/mol. The van der Waals surface area contributed by atoms with E-state index in [0.717, 1.165) is 36.7 Å². The zero-order chi connectivity index (χ0) is 19.7. The summed E-state index contributed by atoms with van der Waals surface area (Å²) >= 11 is 0. The number of hydrogen-bond acceptors (Lipinski definition) is 4. The zero-order valence-electron chi connectivity index (χ0n) is 16.2. The number of amides is 1. The maximum atomic E-state index is 12.7. The first-order valence-corrected chi connectivity index (χ1v) is 10.2. The van der Waals surface area contributed by atoms with E-state index in [2.05, 4.69) is 10.3 Å². The third-order valence-corrected chi connectivity index (χ3v) is 6.46. The van der Waals surface area contributed by atoms with Crippen molar-refractivity contribution in [2.45, 2.75) is 64.1 Å². The van der Waals surface area contributed by atoms with Crippen LogP contribution < -0.4 is 16.6 Å². The molecule has 1 spiro atoms. The normalized spacial score (nSPS) is 23.5. The van der Waals surface area contributed by atoms with Gasteiger partial charge in [-0.05, 0) is 38.3 Å². The molecule has 28 heavy (non-hydrogen) atoms. The van der Waals surface area contributed by atoms with Crippen molar-refractivity contribution in [3.05, 3.63) is 45.1 Å². The predicted molar refractivity (Wildman–Crippen MR) is 106 cm³/mol. The van der Waals surface area contributed by atoms with Crippen LogP contribution in [0, 0.1) is 5.41 Å².